The maximum Gasteiger partial charge on any atom is 0.273 e. The molecule has 0 aliphatic heterocycles. The van der Waals surface area contributed by atoms with E-state index in [1.165, 1.54) is 19.3 Å². The Hall–Kier alpha value is -4.26. The number of methoxy groups -OCH3 is 1. The van der Waals surface area contributed by atoms with Gasteiger partial charge in [0.1, 0.15) is 24.0 Å². The van der Waals surface area contributed by atoms with Crippen molar-refractivity contribution < 1.29 is 24.3 Å². The molecule has 0 aliphatic rings. The SMILES string of the molecule is COc1ccc(/C=C(/C#N)C(=O)Nc2ccc([N+](=O)[O-])cc2O)cc1OCc1ccc(Cl)cc1Cl. The average molecular weight is 514 g/mol. The molecule has 3 aromatic carbocycles. The molecule has 3 rings (SSSR count). The van der Waals surface area contributed by atoms with Crippen LogP contribution in [0.3, 0.4) is 0 Å². The Morgan fingerprint density at radius 1 is 1.17 bits per heavy atom. The third-order valence-corrected chi connectivity index (χ3v) is 5.29. The van der Waals surface area contributed by atoms with Gasteiger partial charge in [-0.05, 0) is 42.0 Å². The van der Waals surface area contributed by atoms with E-state index in [2.05, 4.69) is 5.32 Å². The second-order valence-corrected chi connectivity index (χ2v) is 7.86. The number of nitrogens with zero attached hydrogens (tertiary/aromatic N) is 2. The summed E-state index contributed by atoms with van der Waals surface area (Å²) in [4.78, 5) is 22.7. The quantitative estimate of drug-likeness (QED) is 0.129. The molecule has 0 saturated carbocycles. The minimum atomic E-state index is -0.817. The Labute approximate surface area is 209 Å². The molecule has 0 atom stereocenters. The van der Waals surface area contributed by atoms with Gasteiger partial charge < -0.3 is 19.9 Å². The molecular formula is C24H17Cl2N3O6. The third-order valence-electron chi connectivity index (χ3n) is 4.70. The molecule has 0 spiro atoms. The van der Waals surface area contributed by atoms with Gasteiger partial charge in [-0.3, -0.25) is 14.9 Å². The summed E-state index contributed by atoms with van der Waals surface area (Å²) in [7, 11) is 1.47. The molecule has 2 N–H and O–H groups in total. The zero-order chi connectivity index (χ0) is 25.5. The molecule has 0 bridgehead atoms. The van der Waals surface area contributed by atoms with E-state index in [4.69, 9.17) is 32.7 Å². The summed E-state index contributed by atoms with van der Waals surface area (Å²) in [5, 5.41) is 33.5. The van der Waals surface area contributed by atoms with Gasteiger partial charge >= 0.3 is 0 Å². The fraction of sp³-hybridized carbons (Fsp3) is 0.0833. The number of rotatable bonds is 8. The summed E-state index contributed by atoms with van der Waals surface area (Å²) < 4.78 is 11.2. The number of anilines is 1. The van der Waals surface area contributed by atoms with Crippen LogP contribution >= 0.6 is 23.2 Å². The van der Waals surface area contributed by atoms with E-state index in [0.717, 1.165) is 12.1 Å². The predicted octanol–water partition coefficient (Wildman–Crippen LogP) is 5.74. The lowest BCUT2D eigenvalue weighted by molar-refractivity contribution is -0.384. The number of hydrogen-bond acceptors (Lipinski definition) is 7. The second-order valence-electron chi connectivity index (χ2n) is 7.02. The van der Waals surface area contributed by atoms with Crippen molar-refractivity contribution in [2.75, 3.05) is 12.4 Å². The topological polar surface area (TPSA) is 135 Å². The number of carbonyl (C=O) groups is 1. The van der Waals surface area contributed by atoms with Crippen molar-refractivity contribution in [3.63, 3.8) is 0 Å². The number of halogens is 2. The van der Waals surface area contributed by atoms with E-state index in [0.29, 0.717) is 32.7 Å². The Bertz CT molecular complexity index is 1370. The number of phenols is 1. The lowest BCUT2D eigenvalue weighted by Gasteiger charge is -2.13. The van der Waals surface area contributed by atoms with Crippen LogP contribution in [0.15, 0.2) is 60.2 Å². The van der Waals surface area contributed by atoms with E-state index in [1.54, 1.807) is 42.5 Å². The zero-order valence-electron chi connectivity index (χ0n) is 18.1. The van der Waals surface area contributed by atoms with Gasteiger partial charge in [0.25, 0.3) is 11.6 Å². The summed E-state index contributed by atoms with van der Waals surface area (Å²) in [6.07, 6.45) is 1.32. The number of nitriles is 1. The highest BCUT2D eigenvalue weighted by Crippen LogP contribution is 2.32. The van der Waals surface area contributed by atoms with Gasteiger partial charge in [-0.15, -0.1) is 0 Å². The third kappa shape index (κ3) is 6.41. The first-order valence-electron chi connectivity index (χ1n) is 9.87. The van der Waals surface area contributed by atoms with Gasteiger partial charge in [0.2, 0.25) is 0 Å². The molecule has 0 unspecified atom stereocenters. The monoisotopic (exact) mass is 513 g/mol. The Balaban J connectivity index is 1.81. The van der Waals surface area contributed by atoms with Crippen LogP contribution in [0.2, 0.25) is 10.0 Å². The fourth-order valence-corrected chi connectivity index (χ4v) is 3.40. The van der Waals surface area contributed by atoms with Crippen LogP contribution in [-0.4, -0.2) is 23.0 Å². The van der Waals surface area contributed by atoms with Gasteiger partial charge in [-0.1, -0.05) is 35.3 Å². The fourth-order valence-electron chi connectivity index (χ4n) is 2.93. The van der Waals surface area contributed by atoms with Crippen LogP contribution in [0.5, 0.6) is 17.2 Å². The average Bonchev–Trinajstić information content (AvgIpc) is 2.83. The van der Waals surface area contributed by atoms with Gasteiger partial charge in [-0.25, -0.2) is 0 Å². The lowest BCUT2D eigenvalue weighted by Crippen LogP contribution is -2.13. The number of phenolic OH excluding ortho intramolecular Hbond substituents is 1. The highest BCUT2D eigenvalue weighted by molar-refractivity contribution is 6.35. The first-order valence-corrected chi connectivity index (χ1v) is 10.6. The van der Waals surface area contributed by atoms with Crippen LogP contribution in [0.4, 0.5) is 11.4 Å². The lowest BCUT2D eigenvalue weighted by atomic mass is 10.1. The molecule has 178 valence electrons. The number of amides is 1. The van der Waals surface area contributed by atoms with Crippen molar-refractivity contribution in [1.29, 1.82) is 5.26 Å². The minimum absolute atomic E-state index is 0.0830. The van der Waals surface area contributed by atoms with E-state index in [9.17, 15) is 25.3 Å². The number of nitro benzene ring substituents is 1. The second kappa shape index (κ2) is 11.2. The number of non-ortho nitro benzene ring substituents is 1. The van der Waals surface area contributed by atoms with Gasteiger partial charge in [0.05, 0.1) is 23.8 Å². The smallest absolute Gasteiger partial charge is 0.273 e. The number of benzene rings is 3. The Kier molecular flexibility index (Phi) is 8.15. The maximum atomic E-state index is 12.6. The summed E-state index contributed by atoms with van der Waals surface area (Å²) in [6.45, 7) is 0.116. The van der Waals surface area contributed by atoms with Gasteiger partial charge in [0, 0.05) is 21.7 Å². The van der Waals surface area contributed by atoms with Gasteiger partial charge in [-0.2, -0.15) is 5.26 Å². The molecule has 3 aromatic rings. The maximum absolute atomic E-state index is 12.6. The van der Waals surface area contributed by atoms with E-state index in [1.807, 2.05) is 0 Å². The number of carbonyl (C=O) groups excluding carboxylic acids is 1. The molecule has 0 fully saturated rings. The van der Waals surface area contributed by atoms with E-state index in [-0.39, 0.29) is 23.6 Å². The molecule has 9 nitrogen and oxygen atoms in total. The number of nitro groups is 1. The van der Waals surface area contributed by atoms with Crippen molar-refractivity contribution >= 4 is 46.6 Å². The summed E-state index contributed by atoms with van der Waals surface area (Å²) in [5.41, 5.74) is 0.448. The first kappa shape index (κ1) is 25.4. The normalized spacial score (nSPS) is 10.9. The van der Waals surface area contributed by atoms with Crippen LogP contribution < -0.4 is 14.8 Å². The molecule has 11 heteroatoms. The number of nitrogens with one attached hydrogen (secondary N) is 1. The van der Waals surface area contributed by atoms with Crippen molar-refractivity contribution in [2.45, 2.75) is 6.61 Å². The van der Waals surface area contributed by atoms with E-state index < -0.39 is 16.6 Å². The Morgan fingerprint density at radius 3 is 2.57 bits per heavy atom. The molecule has 0 saturated heterocycles. The number of ether oxygens (including phenoxy) is 2. The number of hydrogen-bond donors (Lipinski definition) is 2. The van der Waals surface area contributed by atoms with Crippen molar-refractivity contribution in [3.8, 4) is 23.3 Å². The van der Waals surface area contributed by atoms with Crippen LogP contribution in [-0.2, 0) is 11.4 Å². The van der Waals surface area contributed by atoms with E-state index >= 15 is 0 Å². The predicted molar refractivity (Wildman–Crippen MR) is 131 cm³/mol. The highest BCUT2D eigenvalue weighted by atomic mass is 35.5. The molecule has 0 aliphatic carbocycles. The molecule has 0 aromatic heterocycles. The van der Waals surface area contributed by atoms with Crippen LogP contribution in [0, 0.1) is 21.4 Å². The number of aromatic hydroxyl groups is 1. The molecular weight excluding hydrogens is 497 g/mol. The largest absolute Gasteiger partial charge is 0.506 e. The van der Waals surface area contributed by atoms with Crippen molar-refractivity contribution in [3.05, 3.63) is 91.5 Å². The summed E-state index contributed by atoms with van der Waals surface area (Å²) >= 11 is 12.1. The Morgan fingerprint density at radius 2 is 1.94 bits per heavy atom. The van der Waals surface area contributed by atoms with Crippen molar-refractivity contribution in [1.82, 2.24) is 0 Å². The highest BCUT2D eigenvalue weighted by Gasteiger charge is 2.16. The molecule has 35 heavy (non-hydrogen) atoms. The molecule has 1 amide bonds. The van der Waals surface area contributed by atoms with Crippen LogP contribution in [0.1, 0.15) is 11.1 Å². The standard InChI is InChI=1S/C24H17Cl2N3O6/c1-34-22-7-2-14(9-23(22)35-13-15-3-4-17(25)10-19(15)26)8-16(12-27)24(31)28-20-6-5-18(29(32)33)11-21(20)30/h2-11,30H,13H2,1H3,(H,28,31)/b16-8-. The zero-order valence-corrected chi connectivity index (χ0v) is 19.6. The molecule has 0 heterocycles. The van der Waals surface area contributed by atoms with Crippen molar-refractivity contribution in [2.24, 2.45) is 0 Å². The minimum Gasteiger partial charge on any atom is -0.506 e. The summed E-state index contributed by atoms with van der Waals surface area (Å²) in [6, 6.07) is 14.8. The van der Waals surface area contributed by atoms with Gasteiger partial charge in [0.15, 0.2) is 11.5 Å². The first-order chi connectivity index (χ1) is 16.7. The molecule has 0 radical (unpaired) electrons. The van der Waals surface area contributed by atoms with Crippen LogP contribution in [0.25, 0.3) is 6.08 Å². The summed E-state index contributed by atoms with van der Waals surface area (Å²) in [5.74, 6) is -0.558.